The largest absolute Gasteiger partial charge is 0.442 e. The Bertz CT molecular complexity index is 505. The van der Waals surface area contributed by atoms with Crippen LogP contribution < -0.4 is 10.2 Å². The Kier molecular flexibility index (Phi) is 63.2. The number of carboxylic acids is 2. The Hall–Kier alpha value is -0.0844. The standard InChI is InChI=1S/2C12H24O2.2C8H17.H4OSi.Sn/c2*1-2-3-4-5-6-7-8-9-10-11-12(13)14;2*1-3-5-7-8-6-4-2;1-2;/h2*2-11H2,1H3,(H,13,14);2*1,3-8H2,2H3;1H,2H3;/q;;;;;+2/p-2. The summed E-state index contributed by atoms with van der Waals surface area (Å²) in [6.07, 6.45) is 40.2. The minimum absolute atomic E-state index is 0.0736. The molecule has 0 aromatic rings. The first-order valence-corrected chi connectivity index (χ1v) is 25.4. The van der Waals surface area contributed by atoms with Gasteiger partial charge in [-0.15, -0.1) is 0 Å². The number of carbonyl (C=O) groups excluding carboxylic acids is 2. The van der Waals surface area contributed by atoms with Gasteiger partial charge in [0.25, 0.3) is 0 Å². The van der Waals surface area contributed by atoms with Gasteiger partial charge < -0.3 is 24.6 Å². The van der Waals surface area contributed by atoms with Gasteiger partial charge in [0.2, 0.25) is 0 Å². The number of hydrogen-bond donors (Lipinski definition) is 1. The molecule has 0 unspecified atom stereocenters. The number of hydrogen-bond acceptors (Lipinski definition) is 5. The molecule has 0 saturated carbocycles. The summed E-state index contributed by atoms with van der Waals surface area (Å²) in [4.78, 5) is 27.3. The fourth-order valence-electron chi connectivity index (χ4n) is 5.35. The van der Waals surface area contributed by atoms with Gasteiger partial charge in [-0.3, -0.25) is 0 Å². The number of aliphatic carboxylic acids is 2. The summed E-state index contributed by atoms with van der Waals surface area (Å²) in [5.74, 6) is -1.82. The molecule has 0 heterocycles. The second-order valence-corrected chi connectivity index (χ2v) is 17.5. The van der Waals surface area contributed by atoms with Gasteiger partial charge in [-0.2, -0.15) is 0 Å². The third-order valence-electron chi connectivity index (χ3n) is 8.38. The van der Waals surface area contributed by atoms with E-state index < -0.39 is 11.9 Å². The predicted molar refractivity (Wildman–Crippen MR) is 208 cm³/mol. The molecule has 47 heavy (non-hydrogen) atoms. The first kappa shape index (κ1) is 53.7. The van der Waals surface area contributed by atoms with Crippen LogP contribution in [0, 0.1) is 0 Å². The maximum atomic E-state index is 10.1. The monoisotopic (exact) mass is 793 g/mol. The van der Waals surface area contributed by atoms with Crippen molar-refractivity contribution in [3.05, 3.63) is 0 Å². The van der Waals surface area contributed by atoms with Crippen molar-refractivity contribution in [1.82, 2.24) is 0 Å². The fraction of sp³-hybridized carbons (Fsp3) is 0.950. The van der Waals surface area contributed by atoms with Gasteiger partial charge in [-0.1, -0.05) is 117 Å². The van der Waals surface area contributed by atoms with E-state index >= 15 is 0 Å². The second kappa shape index (κ2) is 55.3. The maximum absolute atomic E-state index is 10.1. The topological polar surface area (TPSA) is 100 Å². The van der Waals surface area contributed by atoms with E-state index in [0.717, 1.165) is 25.7 Å². The zero-order valence-electron chi connectivity index (χ0n) is 32.6. The van der Waals surface area contributed by atoms with Gasteiger partial charge in [0.15, 0.2) is 0 Å². The molecule has 0 fully saturated rings. The van der Waals surface area contributed by atoms with Gasteiger partial charge in [0, 0.05) is 11.9 Å². The van der Waals surface area contributed by atoms with Crippen LogP contribution in [0.2, 0.25) is 8.87 Å². The molecule has 282 valence electrons. The summed E-state index contributed by atoms with van der Waals surface area (Å²) < 4.78 is 3.31. The van der Waals surface area contributed by atoms with E-state index in [2.05, 4.69) is 27.7 Å². The van der Waals surface area contributed by atoms with E-state index in [0.29, 0.717) is 10.5 Å². The third-order valence-corrected chi connectivity index (χ3v) is 12.4. The number of carboxylic acid groups (broad SMARTS) is 2. The average Bonchev–Trinajstić information content (AvgIpc) is 3.06. The van der Waals surface area contributed by atoms with E-state index in [-0.39, 0.29) is 34.0 Å². The molecule has 0 bridgehead atoms. The van der Waals surface area contributed by atoms with Crippen LogP contribution >= 0.6 is 0 Å². The van der Waals surface area contributed by atoms with E-state index in [1.54, 1.807) is 21.7 Å². The molecule has 0 rings (SSSR count). The first-order valence-electron chi connectivity index (χ1n) is 20.5. The molecular weight excluding hydrogens is 707 g/mol. The van der Waals surface area contributed by atoms with E-state index in [9.17, 15) is 19.8 Å². The Labute approximate surface area is 308 Å². The molecule has 7 heteroatoms. The summed E-state index contributed by atoms with van der Waals surface area (Å²) in [5, 5.41) is 20.2. The van der Waals surface area contributed by atoms with Crippen molar-refractivity contribution < 1.29 is 24.6 Å². The van der Waals surface area contributed by atoms with Crippen LogP contribution in [0.5, 0.6) is 0 Å². The van der Waals surface area contributed by atoms with Crippen molar-refractivity contribution in [3.63, 3.8) is 0 Å². The van der Waals surface area contributed by atoms with E-state index in [4.69, 9.17) is 4.80 Å². The van der Waals surface area contributed by atoms with Crippen molar-refractivity contribution in [1.29, 1.82) is 0 Å². The minimum atomic E-state index is -0.909. The summed E-state index contributed by atoms with van der Waals surface area (Å²) in [6, 6.07) is 0. The fourth-order valence-corrected chi connectivity index (χ4v) is 8.91. The summed E-state index contributed by atoms with van der Waals surface area (Å²) in [6.45, 7) is 9.05. The van der Waals surface area contributed by atoms with Gasteiger partial charge >= 0.3 is 121 Å². The smallest absolute Gasteiger partial charge is 0.141 e. The average molecular weight is 792 g/mol. The van der Waals surface area contributed by atoms with Crippen LogP contribution in [0.3, 0.4) is 0 Å². The molecule has 0 saturated heterocycles. The molecule has 1 N–H and O–H groups in total. The Morgan fingerprint density at radius 3 is 0.787 bits per heavy atom. The molecule has 5 nitrogen and oxygen atoms in total. The van der Waals surface area contributed by atoms with Gasteiger partial charge in [0.1, 0.15) is 10.5 Å². The zero-order chi connectivity index (χ0) is 35.9. The number of rotatable bonds is 34. The SMILES string of the molecule is CCCCCCCCCCCC(=O)[O-].CCCCCCCCCCCC(=O)[O-].CCCCCCC[CH2][Sn+2][CH2]CCCCCCC.O[SiH3]. The minimum Gasteiger partial charge on any atom is -0.442 e. The molecule has 0 radical (unpaired) electrons. The van der Waals surface area contributed by atoms with Crippen molar-refractivity contribution in [2.45, 2.75) is 242 Å². The Morgan fingerprint density at radius 1 is 0.383 bits per heavy atom. The molecule has 0 aliphatic rings. The van der Waals surface area contributed by atoms with Crippen LogP contribution in [0.25, 0.3) is 0 Å². The molecular formula is C40H84O5SiSn. The van der Waals surface area contributed by atoms with Crippen LogP contribution in [0.4, 0.5) is 0 Å². The Morgan fingerprint density at radius 2 is 0.574 bits per heavy atom. The van der Waals surface area contributed by atoms with Crippen LogP contribution in [-0.2, 0) is 9.59 Å². The predicted octanol–water partition coefficient (Wildman–Crippen LogP) is 9.82. The molecule has 0 amide bonds. The van der Waals surface area contributed by atoms with Crippen molar-refractivity contribution >= 4 is 43.6 Å². The normalized spacial score (nSPS) is 10.1. The summed E-state index contributed by atoms with van der Waals surface area (Å²) >= 11 is 0.0736. The zero-order valence-corrected chi connectivity index (χ0v) is 37.5. The van der Waals surface area contributed by atoms with E-state index in [1.807, 2.05) is 0 Å². The van der Waals surface area contributed by atoms with Crippen LogP contribution in [0.15, 0.2) is 0 Å². The third kappa shape index (κ3) is 68.6. The molecule has 0 spiro atoms. The molecule has 0 aromatic carbocycles. The second-order valence-electron chi connectivity index (χ2n) is 13.2. The quantitative estimate of drug-likeness (QED) is 0.0517. The molecule has 0 atom stereocenters. The maximum Gasteiger partial charge on any atom is 0.141 e. The van der Waals surface area contributed by atoms with Crippen molar-refractivity contribution in [2.75, 3.05) is 0 Å². The number of carbonyl (C=O) groups is 2. The first-order chi connectivity index (χ1) is 23.0. The van der Waals surface area contributed by atoms with E-state index in [1.165, 1.54) is 154 Å². The Balaban J connectivity index is -0.000000289. The van der Waals surface area contributed by atoms with Crippen molar-refractivity contribution in [3.8, 4) is 0 Å². The summed E-state index contributed by atoms with van der Waals surface area (Å²) in [7, 11) is 0.306. The van der Waals surface area contributed by atoms with Crippen LogP contribution in [-0.4, -0.2) is 48.4 Å². The molecule has 0 aromatic heterocycles. The van der Waals surface area contributed by atoms with Crippen molar-refractivity contribution in [2.24, 2.45) is 0 Å². The molecule has 0 aliphatic carbocycles. The van der Waals surface area contributed by atoms with Gasteiger partial charge in [-0.05, 0) is 25.7 Å². The van der Waals surface area contributed by atoms with Gasteiger partial charge in [0.05, 0.1) is 0 Å². The number of unbranched alkanes of at least 4 members (excludes halogenated alkanes) is 26. The van der Waals surface area contributed by atoms with Gasteiger partial charge in [-0.25, -0.2) is 0 Å². The molecule has 0 aliphatic heterocycles. The van der Waals surface area contributed by atoms with Crippen LogP contribution in [0.1, 0.15) is 233 Å². The summed E-state index contributed by atoms with van der Waals surface area (Å²) in [5.41, 5.74) is 0.